The van der Waals surface area contributed by atoms with Crippen molar-refractivity contribution < 1.29 is 32.2 Å². The largest absolute Gasteiger partial charge is 0.487 e. The molecule has 0 amide bonds. The van der Waals surface area contributed by atoms with Crippen molar-refractivity contribution >= 4 is 17.6 Å². The SMILES string of the molecule is CCC(c1cc(C(F)(F)F)cc(Cl)c1F)N1CCC2(CCc3ccc([C@H](C4CC4)[C@H](C)C(=O)O)cc3O2)CC1. The van der Waals surface area contributed by atoms with E-state index in [-0.39, 0.29) is 11.5 Å². The second-order valence-corrected chi connectivity index (χ2v) is 11.9. The number of ether oxygens (including phenoxy) is 1. The molecule has 39 heavy (non-hydrogen) atoms. The Morgan fingerprint density at radius 3 is 2.46 bits per heavy atom. The Balaban J connectivity index is 1.33. The van der Waals surface area contributed by atoms with Crippen LogP contribution in [0.25, 0.3) is 0 Å². The normalized spacial score (nSPS) is 21.6. The molecule has 1 saturated heterocycles. The fraction of sp³-hybridized carbons (Fsp3) is 0.567. The Morgan fingerprint density at radius 2 is 1.87 bits per heavy atom. The Bertz CT molecular complexity index is 1240. The second-order valence-electron chi connectivity index (χ2n) is 11.5. The Kier molecular flexibility index (Phi) is 7.66. The first kappa shape index (κ1) is 28.2. The van der Waals surface area contributed by atoms with Crippen molar-refractivity contribution in [1.29, 1.82) is 0 Å². The van der Waals surface area contributed by atoms with Crippen molar-refractivity contribution in [2.24, 2.45) is 11.8 Å². The number of carbonyl (C=O) groups is 1. The van der Waals surface area contributed by atoms with Gasteiger partial charge in [-0.2, -0.15) is 13.2 Å². The highest BCUT2D eigenvalue weighted by atomic mass is 35.5. The van der Waals surface area contributed by atoms with Gasteiger partial charge in [-0.25, -0.2) is 4.39 Å². The van der Waals surface area contributed by atoms with Crippen molar-refractivity contribution in [1.82, 2.24) is 4.90 Å². The van der Waals surface area contributed by atoms with Crippen LogP contribution < -0.4 is 4.74 Å². The van der Waals surface area contributed by atoms with E-state index in [1.807, 2.05) is 24.0 Å². The summed E-state index contributed by atoms with van der Waals surface area (Å²) in [6.45, 7) is 4.72. The fourth-order valence-electron chi connectivity index (χ4n) is 6.59. The topological polar surface area (TPSA) is 49.8 Å². The second kappa shape index (κ2) is 10.6. The van der Waals surface area contributed by atoms with Gasteiger partial charge in [0.1, 0.15) is 17.2 Å². The predicted molar refractivity (Wildman–Crippen MR) is 141 cm³/mol. The smallest absolute Gasteiger partial charge is 0.416 e. The molecule has 2 aromatic rings. The van der Waals surface area contributed by atoms with Crippen LogP contribution in [-0.4, -0.2) is 34.7 Å². The average molecular weight is 568 g/mol. The lowest BCUT2D eigenvalue weighted by Crippen LogP contribution is -2.50. The van der Waals surface area contributed by atoms with Crippen molar-refractivity contribution in [2.45, 2.75) is 82.5 Å². The molecule has 1 N–H and O–H groups in total. The highest BCUT2D eigenvalue weighted by Crippen LogP contribution is 2.49. The summed E-state index contributed by atoms with van der Waals surface area (Å²) in [7, 11) is 0. The molecule has 212 valence electrons. The lowest BCUT2D eigenvalue weighted by atomic mass is 9.80. The van der Waals surface area contributed by atoms with Crippen LogP contribution in [0.5, 0.6) is 5.75 Å². The van der Waals surface area contributed by atoms with E-state index in [2.05, 4.69) is 6.07 Å². The number of carboxylic acid groups (broad SMARTS) is 1. The number of piperidine rings is 1. The van der Waals surface area contributed by atoms with E-state index in [1.54, 1.807) is 6.92 Å². The third-order valence-corrected chi connectivity index (χ3v) is 9.27. The summed E-state index contributed by atoms with van der Waals surface area (Å²) in [5.74, 6) is -0.933. The predicted octanol–water partition coefficient (Wildman–Crippen LogP) is 8.02. The van der Waals surface area contributed by atoms with Gasteiger partial charge in [0, 0.05) is 24.7 Å². The molecule has 9 heteroatoms. The summed E-state index contributed by atoms with van der Waals surface area (Å²) in [5, 5.41) is 9.15. The van der Waals surface area contributed by atoms with Gasteiger partial charge in [0.2, 0.25) is 0 Å². The van der Waals surface area contributed by atoms with E-state index in [1.165, 1.54) is 0 Å². The maximum atomic E-state index is 15.0. The van der Waals surface area contributed by atoms with E-state index in [9.17, 15) is 27.5 Å². The minimum Gasteiger partial charge on any atom is -0.487 e. The first-order chi connectivity index (χ1) is 18.4. The van der Waals surface area contributed by atoms with Crippen LogP contribution in [0.2, 0.25) is 5.02 Å². The van der Waals surface area contributed by atoms with Crippen LogP contribution >= 0.6 is 11.6 Å². The number of halogens is 5. The van der Waals surface area contributed by atoms with Crippen molar-refractivity contribution in [3.63, 3.8) is 0 Å². The number of aryl methyl sites for hydroxylation is 1. The van der Waals surface area contributed by atoms with Gasteiger partial charge < -0.3 is 9.84 Å². The van der Waals surface area contributed by atoms with Crippen LogP contribution in [0.3, 0.4) is 0 Å². The summed E-state index contributed by atoms with van der Waals surface area (Å²) >= 11 is 5.88. The molecule has 0 bridgehead atoms. The van der Waals surface area contributed by atoms with Gasteiger partial charge >= 0.3 is 12.1 Å². The number of hydrogen-bond acceptors (Lipinski definition) is 3. The molecule has 2 aliphatic heterocycles. The van der Waals surface area contributed by atoms with Crippen LogP contribution in [-0.2, 0) is 17.4 Å². The lowest BCUT2D eigenvalue weighted by Gasteiger charge is -2.46. The molecule has 1 spiro atoms. The summed E-state index contributed by atoms with van der Waals surface area (Å²) in [4.78, 5) is 13.8. The van der Waals surface area contributed by atoms with Gasteiger partial charge in [-0.3, -0.25) is 9.69 Å². The van der Waals surface area contributed by atoms with E-state index in [0.29, 0.717) is 44.3 Å². The van der Waals surface area contributed by atoms with Gasteiger partial charge in [-0.05, 0) is 86.1 Å². The summed E-state index contributed by atoms with van der Waals surface area (Å²) in [5.41, 5.74) is 0.741. The van der Waals surface area contributed by atoms with E-state index < -0.39 is 46.1 Å². The third-order valence-electron chi connectivity index (χ3n) is 8.99. The van der Waals surface area contributed by atoms with E-state index in [0.717, 1.165) is 48.6 Å². The van der Waals surface area contributed by atoms with Crippen LogP contribution in [0, 0.1) is 17.7 Å². The third kappa shape index (κ3) is 5.64. The van der Waals surface area contributed by atoms with Crippen molar-refractivity contribution in [3.05, 3.63) is 63.4 Å². The molecular formula is C30H34ClF4NO3. The van der Waals surface area contributed by atoms with Gasteiger partial charge in [-0.1, -0.05) is 37.6 Å². The average Bonchev–Trinajstić information content (AvgIpc) is 3.72. The number of hydrogen-bond donors (Lipinski definition) is 1. The number of nitrogens with zero attached hydrogens (tertiary/aromatic N) is 1. The molecular weight excluding hydrogens is 534 g/mol. The van der Waals surface area contributed by atoms with Crippen LogP contribution in [0.4, 0.5) is 17.6 Å². The Hall–Kier alpha value is -2.32. The molecule has 1 unspecified atom stereocenters. The lowest BCUT2D eigenvalue weighted by molar-refractivity contribution is -0.142. The van der Waals surface area contributed by atoms with E-state index >= 15 is 0 Å². The number of alkyl halides is 3. The number of likely N-dealkylation sites (tertiary alicyclic amines) is 1. The van der Waals surface area contributed by atoms with Gasteiger partial charge in [0.15, 0.2) is 0 Å². The summed E-state index contributed by atoms with van der Waals surface area (Å²) < 4.78 is 61.9. The van der Waals surface area contributed by atoms with Gasteiger partial charge in [-0.15, -0.1) is 0 Å². The molecule has 0 radical (unpaired) electrons. The minimum absolute atomic E-state index is 0.0218. The molecule has 3 atom stereocenters. The molecule has 2 heterocycles. The zero-order valence-corrected chi connectivity index (χ0v) is 22.9. The Labute approximate surface area is 231 Å². The maximum Gasteiger partial charge on any atom is 0.416 e. The molecule has 5 rings (SSSR count). The molecule has 4 nitrogen and oxygen atoms in total. The fourth-order valence-corrected chi connectivity index (χ4v) is 6.82. The van der Waals surface area contributed by atoms with Crippen molar-refractivity contribution in [2.75, 3.05) is 13.1 Å². The number of aliphatic carboxylic acids is 1. The first-order valence-corrected chi connectivity index (χ1v) is 14.1. The van der Waals surface area contributed by atoms with Gasteiger partial charge in [0.25, 0.3) is 0 Å². The van der Waals surface area contributed by atoms with E-state index in [4.69, 9.17) is 16.3 Å². The highest BCUT2D eigenvalue weighted by molar-refractivity contribution is 6.30. The van der Waals surface area contributed by atoms with Crippen LogP contribution in [0.15, 0.2) is 30.3 Å². The minimum atomic E-state index is -4.61. The number of rotatable bonds is 7. The zero-order valence-electron chi connectivity index (χ0n) is 22.2. The molecule has 1 saturated carbocycles. The van der Waals surface area contributed by atoms with Crippen molar-refractivity contribution in [3.8, 4) is 5.75 Å². The molecule has 3 aliphatic rings. The number of fused-ring (bicyclic) bond motifs is 1. The number of benzene rings is 2. The summed E-state index contributed by atoms with van der Waals surface area (Å²) in [6.07, 6.45) is 0.904. The molecule has 2 aromatic carbocycles. The first-order valence-electron chi connectivity index (χ1n) is 13.8. The summed E-state index contributed by atoms with van der Waals surface area (Å²) in [6, 6.07) is 7.14. The standard InChI is InChI=1S/C30H34ClF4NO3/c1-3-24(22-15-21(30(33,34)35)16-23(31)27(22)32)36-12-10-29(11-13-36)9-8-18-4-7-20(14-25(18)39-29)26(19-5-6-19)17(2)28(37)38/h4,7,14-17,19,24,26H,3,5-6,8-13H2,1-2H3,(H,37,38)/t17-,24?,26-/m0/s1. The van der Waals surface area contributed by atoms with Gasteiger partial charge in [0.05, 0.1) is 16.5 Å². The zero-order chi connectivity index (χ0) is 28.1. The van der Waals surface area contributed by atoms with Crippen LogP contribution in [0.1, 0.15) is 86.6 Å². The number of carboxylic acids is 1. The quantitative estimate of drug-likeness (QED) is 0.344. The molecule has 0 aromatic heterocycles. The Morgan fingerprint density at radius 1 is 1.18 bits per heavy atom. The highest BCUT2D eigenvalue weighted by Gasteiger charge is 2.43. The molecule has 2 fully saturated rings. The molecule has 1 aliphatic carbocycles. The monoisotopic (exact) mass is 567 g/mol. The maximum absolute atomic E-state index is 15.0.